The van der Waals surface area contributed by atoms with Gasteiger partial charge in [-0.05, 0) is 56.2 Å². The number of aromatic nitrogens is 2. The lowest BCUT2D eigenvalue weighted by atomic mass is 9.76. The summed E-state index contributed by atoms with van der Waals surface area (Å²) in [6.07, 6.45) is 9.29. The summed E-state index contributed by atoms with van der Waals surface area (Å²) in [7, 11) is 0. The molecule has 4 heteroatoms. The van der Waals surface area contributed by atoms with Gasteiger partial charge in [0, 0.05) is 13.2 Å². The summed E-state index contributed by atoms with van der Waals surface area (Å²) in [5.74, 6) is 0.648. The molecular formula is C18H21N3O. The highest BCUT2D eigenvalue weighted by atomic mass is 16.5. The average molecular weight is 295 g/mol. The van der Waals surface area contributed by atoms with Crippen molar-refractivity contribution in [2.24, 2.45) is 5.92 Å². The second-order valence-corrected chi connectivity index (χ2v) is 6.81. The van der Waals surface area contributed by atoms with E-state index in [4.69, 9.17) is 10.00 Å². The molecule has 1 saturated carbocycles. The van der Waals surface area contributed by atoms with Crippen LogP contribution in [0.3, 0.4) is 0 Å². The van der Waals surface area contributed by atoms with Gasteiger partial charge in [0.1, 0.15) is 0 Å². The van der Waals surface area contributed by atoms with Crippen LogP contribution in [-0.4, -0.2) is 21.8 Å². The fraction of sp³-hybridized carbons (Fsp3) is 0.556. The number of fused-ring (bicyclic) bond motifs is 1. The van der Waals surface area contributed by atoms with Gasteiger partial charge in [-0.15, -0.1) is 0 Å². The van der Waals surface area contributed by atoms with Crippen molar-refractivity contribution in [1.82, 2.24) is 9.55 Å². The van der Waals surface area contributed by atoms with E-state index in [1.54, 1.807) is 0 Å². The van der Waals surface area contributed by atoms with E-state index in [1.165, 1.54) is 38.5 Å². The molecule has 0 bridgehead atoms. The normalized spacial score (nSPS) is 28.2. The van der Waals surface area contributed by atoms with Crippen LogP contribution in [0.2, 0.25) is 0 Å². The van der Waals surface area contributed by atoms with Crippen LogP contribution in [0.15, 0.2) is 24.5 Å². The predicted octanol–water partition coefficient (Wildman–Crippen LogP) is 3.65. The Kier molecular flexibility index (Phi) is 3.38. The topological polar surface area (TPSA) is 50.8 Å². The van der Waals surface area contributed by atoms with Gasteiger partial charge in [0.15, 0.2) is 0 Å². The van der Waals surface area contributed by atoms with Crippen LogP contribution in [0.1, 0.15) is 44.1 Å². The largest absolute Gasteiger partial charge is 0.375 e. The zero-order valence-electron chi connectivity index (χ0n) is 12.8. The molecule has 1 saturated heterocycles. The number of ether oxygens (including phenoxy) is 1. The van der Waals surface area contributed by atoms with Crippen molar-refractivity contribution in [1.29, 1.82) is 5.26 Å². The Labute approximate surface area is 130 Å². The molecule has 0 N–H and O–H groups in total. The first kappa shape index (κ1) is 13.8. The zero-order valence-corrected chi connectivity index (χ0v) is 12.8. The lowest BCUT2D eigenvalue weighted by Crippen LogP contribution is -2.35. The monoisotopic (exact) mass is 295 g/mol. The Morgan fingerprint density at radius 3 is 3.09 bits per heavy atom. The van der Waals surface area contributed by atoms with E-state index in [0.717, 1.165) is 24.2 Å². The first-order chi connectivity index (χ1) is 10.8. The first-order valence-corrected chi connectivity index (χ1v) is 8.27. The molecule has 1 aliphatic heterocycles. The number of nitriles is 1. The first-order valence-electron chi connectivity index (χ1n) is 8.27. The van der Waals surface area contributed by atoms with Crippen LogP contribution >= 0.6 is 0 Å². The molecule has 1 aromatic carbocycles. The van der Waals surface area contributed by atoms with E-state index in [1.807, 2.05) is 24.5 Å². The molecule has 2 aromatic rings. The fourth-order valence-electron chi connectivity index (χ4n) is 4.26. The van der Waals surface area contributed by atoms with E-state index in [0.29, 0.717) is 11.5 Å². The molecule has 1 spiro atoms. The van der Waals surface area contributed by atoms with Crippen molar-refractivity contribution in [2.75, 3.05) is 6.61 Å². The van der Waals surface area contributed by atoms with Gasteiger partial charge in [-0.25, -0.2) is 4.98 Å². The number of rotatable bonds is 2. The number of hydrogen-bond acceptors (Lipinski definition) is 3. The minimum Gasteiger partial charge on any atom is -0.375 e. The second kappa shape index (κ2) is 5.40. The number of benzene rings is 1. The van der Waals surface area contributed by atoms with E-state index < -0.39 is 0 Å². The van der Waals surface area contributed by atoms with Gasteiger partial charge in [-0.1, -0.05) is 6.42 Å². The predicted molar refractivity (Wildman–Crippen MR) is 84.3 cm³/mol. The van der Waals surface area contributed by atoms with Crippen LogP contribution in [0.4, 0.5) is 0 Å². The van der Waals surface area contributed by atoms with Crippen molar-refractivity contribution in [3.63, 3.8) is 0 Å². The van der Waals surface area contributed by atoms with Crippen LogP contribution in [0.5, 0.6) is 0 Å². The Bertz CT molecular complexity index is 721. The van der Waals surface area contributed by atoms with Gasteiger partial charge >= 0.3 is 0 Å². The zero-order chi connectivity index (χ0) is 15.0. The van der Waals surface area contributed by atoms with Gasteiger partial charge in [-0.2, -0.15) is 5.26 Å². The summed E-state index contributed by atoms with van der Waals surface area (Å²) >= 11 is 0. The molecule has 2 heterocycles. The maximum absolute atomic E-state index is 9.09. The fourth-order valence-corrected chi connectivity index (χ4v) is 4.26. The highest BCUT2D eigenvalue weighted by Gasteiger charge is 2.39. The maximum atomic E-state index is 9.09. The van der Waals surface area contributed by atoms with Crippen molar-refractivity contribution >= 4 is 11.0 Å². The summed E-state index contributed by atoms with van der Waals surface area (Å²) in [6.45, 7) is 1.92. The molecule has 1 aromatic heterocycles. The molecule has 0 amide bonds. The standard InChI is InChI=1S/C18H21N3O/c19-11-14-4-5-16-17(9-14)21(13-20-16)12-15-3-1-6-18(10-15)7-2-8-22-18/h4-5,9,13,15H,1-3,6-8,10,12H2/t15-,18?/m0/s1. The van der Waals surface area contributed by atoms with E-state index in [9.17, 15) is 0 Å². The molecule has 2 aliphatic rings. The van der Waals surface area contributed by atoms with Crippen LogP contribution in [-0.2, 0) is 11.3 Å². The molecule has 0 radical (unpaired) electrons. The molecule has 4 rings (SSSR count). The third-order valence-electron chi connectivity index (χ3n) is 5.30. The molecule has 2 fully saturated rings. The second-order valence-electron chi connectivity index (χ2n) is 6.81. The van der Waals surface area contributed by atoms with Crippen LogP contribution in [0.25, 0.3) is 11.0 Å². The van der Waals surface area contributed by atoms with E-state index in [2.05, 4.69) is 15.6 Å². The number of hydrogen-bond donors (Lipinski definition) is 0. The third kappa shape index (κ3) is 2.40. The quantitative estimate of drug-likeness (QED) is 0.849. The summed E-state index contributed by atoms with van der Waals surface area (Å²) in [6, 6.07) is 7.94. The number of nitrogens with zero attached hydrogens (tertiary/aromatic N) is 3. The van der Waals surface area contributed by atoms with Crippen LogP contribution in [0, 0.1) is 17.2 Å². The Morgan fingerprint density at radius 1 is 1.36 bits per heavy atom. The molecule has 1 unspecified atom stereocenters. The van der Waals surface area contributed by atoms with Crippen molar-refractivity contribution in [3.8, 4) is 6.07 Å². The van der Waals surface area contributed by atoms with Gasteiger partial charge in [0.25, 0.3) is 0 Å². The lowest BCUT2D eigenvalue weighted by molar-refractivity contribution is -0.0424. The highest BCUT2D eigenvalue weighted by Crippen LogP contribution is 2.42. The summed E-state index contributed by atoms with van der Waals surface area (Å²) < 4.78 is 8.30. The average Bonchev–Trinajstić information content (AvgIpc) is 3.15. The summed E-state index contributed by atoms with van der Waals surface area (Å²) in [5.41, 5.74) is 2.91. The Morgan fingerprint density at radius 2 is 2.27 bits per heavy atom. The Balaban J connectivity index is 1.57. The van der Waals surface area contributed by atoms with Gasteiger partial charge < -0.3 is 9.30 Å². The van der Waals surface area contributed by atoms with Gasteiger partial charge in [-0.3, -0.25) is 0 Å². The molecule has 4 nitrogen and oxygen atoms in total. The molecule has 2 atom stereocenters. The minimum atomic E-state index is 0.164. The molecule has 22 heavy (non-hydrogen) atoms. The van der Waals surface area contributed by atoms with Crippen molar-refractivity contribution in [3.05, 3.63) is 30.1 Å². The molecule has 1 aliphatic carbocycles. The summed E-state index contributed by atoms with van der Waals surface area (Å²) in [4.78, 5) is 4.47. The van der Waals surface area contributed by atoms with Gasteiger partial charge in [0.05, 0.1) is 34.6 Å². The molecular weight excluding hydrogens is 274 g/mol. The minimum absolute atomic E-state index is 0.164. The Hall–Kier alpha value is -1.86. The third-order valence-corrected chi connectivity index (χ3v) is 5.30. The SMILES string of the molecule is N#Cc1ccc2ncn(C[C@H]3CCCC4(CCCO4)C3)c2c1. The van der Waals surface area contributed by atoms with Crippen molar-refractivity contribution in [2.45, 2.75) is 50.7 Å². The lowest BCUT2D eigenvalue weighted by Gasteiger charge is -2.37. The van der Waals surface area contributed by atoms with E-state index in [-0.39, 0.29) is 5.60 Å². The number of imidazole rings is 1. The van der Waals surface area contributed by atoms with E-state index >= 15 is 0 Å². The van der Waals surface area contributed by atoms with Gasteiger partial charge in [0.2, 0.25) is 0 Å². The summed E-state index contributed by atoms with van der Waals surface area (Å²) in [5, 5.41) is 9.09. The molecule has 114 valence electrons. The van der Waals surface area contributed by atoms with Crippen molar-refractivity contribution < 1.29 is 4.74 Å². The smallest absolute Gasteiger partial charge is 0.0992 e. The van der Waals surface area contributed by atoms with Crippen LogP contribution < -0.4 is 0 Å². The highest BCUT2D eigenvalue weighted by molar-refractivity contribution is 5.76. The maximum Gasteiger partial charge on any atom is 0.0992 e.